The van der Waals surface area contributed by atoms with Crippen LogP contribution in [0.4, 0.5) is 0 Å². The van der Waals surface area contributed by atoms with Crippen LogP contribution in [0.2, 0.25) is 0 Å². The Morgan fingerprint density at radius 2 is 2.07 bits per heavy atom. The highest BCUT2D eigenvalue weighted by Gasteiger charge is 2.24. The van der Waals surface area contributed by atoms with Gasteiger partial charge in [0.2, 0.25) is 0 Å². The average Bonchev–Trinajstić information content (AvgIpc) is 2.30. The first-order valence-corrected chi connectivity index (χ1v) is 6.10. The zero-order valence-electron chi connectivity index (χ0n) is 8.66. The molecule has 1 aromatic carbocycles. The minimum atomic E-state index is 0.198. The Hall–Kier alpha value is -0.600. The van der Waals surface area contributed by atoms with E-state index in [1.807, 2.05) is 6.08 Å². The monoisotopic (exact) mass is 266 g/mol. The van der Waals surface area contributed by atoms with Crippen molar-refractivity contribution in [3.63, 3.8) is 0 Å². The van der Waals surface area contributed by atoms with Crippen LogP contribution in [-0.4, -0.2) is 6.61 Å². The first-order valence-electron chi connectivity index (χ1n) is 5.31. The zero-order chi connectivity index (χ0) is 10.7. The molecule has 2 rings (SSSR count). The fourth-order valence-corrected chi connectivity index (χ4v) is 2.31. The normalized spacial score (nSPS) is 26.2. The second-order valence-corrected chi connectivity index (χ2v) is 4.80. The molecule has 1 heterocycles. The third-order valence-corrected chi connectivity index (χ3v) is 3.40. The Kier molecular flexibility index (Phi) is 3.60. The maximum absolute atomic E-state index is 5.82. The molecule has 0 saturated carbocycles. The summed E-state index contributed by atoms with van der Waals surface area (Å²) in [6, 6.07) is 8.37. The number of hydrogen-bond donors (Lipinski definition) is 0. The van der Waals surface area contributed by atoms with E-state index < -0.39 is 0 Å². The smallest absolute Gasteiger partial charge is 0.0887 e. The maximum atomic E-state index is 5.82. The predicted octanol–water partition coefficient (Wildman–Crippen LogP) is 4.10. The fourth-order valence-electron chi connectivity index (χ4n) is 2.04. The molecule has 1 nitrogen and oxygen atoms in total. The Labute approximate surface area is 99.3 Å². The SMILES string of the molecule is C=C[C@@H]1CCCO[C@H]1c1ccc(Br)cc1. The van der Waals surface area contributed by atoms with Crippen molar-refractivity contribution in [2.45, 2.75) is 18.9 Å². The van der Waals surface area contributed by atoms with Crippen LogP contribution in [0.1, 0.15) is 24.5 Å². The molecule has 2 atom stereocenters. The summed E-state index contributed by atoms with van der Waals surface area (Å²) in [4.78, 5) is 0. The summed E-state index contributed by atoms with van der Waals surface area (Å²) in [5.41, 5.74) is 1.25. The highest BCUT2D eigenvalue weighted by Crippen LogP contribution is 2.34. The summed E-state index contributed by atoms with van der Waals surface area (Å²) in [6.07, 6.45) is 4.55. The van der Waals surface area contributed by atoms with Gasteiger partial charge in [-0.25, -0.2) is 0 Å². The van der Waals surface area contributed by atoms with Crippen LogP contribution in [-0.2, 0) is 4.74 Å². The van der Waals surface area contributed by atoms with Crippen molar-refractivity contribution in [3.8, 4) is 0 Å². The van der Waals surface area contributed by atoms with Crippen molar-refractivity contribution in [1.29, 1.82) is 0 Å². The summed E-state index contributed by atoms with van der Waals surface area (Å²) in [7, 11) is 0. The van der Waals surface area contributed by atoms with Crippen LogP contribution in [0.5, 0.6) is 0 Å². The molecule has 2 heteroatoms. The lowest BCUT2D eigenvalue weighted by atomic mass is 9.90. The quantitative estimate of drug-likeness (QED) is 0.733. The lowest BCUT2D eigenvalue weighted by molar-refractivity contribution is -0.0124. The van der Waals surface area contributed by atoms with Gasteiger partial charge in [0.1, 0.15) is 0 Å². The van der Waals surface area contributed by atoms with E-state index in [0.29, 0.717) is 5.92 Å². The van der Waals surface area contributed by atoms with Gasteiger partial charge < -0.3 is 4.74 Å². The Bertz CT molecular complexity index is 331. The van der Waals surface area contributed by atoms with Crippen LogP contribution in [0.3, 0.4) is 0 Å². The van der Waals surface area contributed by atoms with E-state index in [9.17, 15) is 0 Å². The molecular weight excluding hydrogens is 252 g/mol. The van der Waals surface area contributed by atoms with Crippen molar-refractivity contribution in [2.24, 2.45) is 5.92 Å². The Morgan fingerprint density at radius 3 is 2.73 bits per heavy atom. The van der Waals surface area contributed by atoms with E-state index in [1.54, 1.807) is 0 Å². The van der Waals surface area contributed by atoms with E-state index in [2.05, 4.69) is 46.8 Å². The molecule has 0 spiro atoms. The van der Waals surface area contributed by atoms with Gasteiger partial charge in [-0.2, -0.15) is 0 Å². The molecule has 1 aliphatic heterocycles. The van der Waals surface area contributed by atoms with Gasteiger partial charge in [0, 0.05) is 17.0 Å². The summed E-state index contributed by atoms with van der Waals surface area (Å²) < 4.78 is 6.93. The number of halogens is 1. The molecule has 0 bridgehead atoms. The van der Waals surface area contributed by atoms with Gasteiger partial charge in [-0.15, -0.1) is 6.58 Å². The van der Waals surface area contributed by atoms with Crippen molar-refractivity contribution in [3.05, 3.63) is 47.0 Å². The molecule has 1 saturated heterocycles. The van der Waals surface area contributed by atoms with Gasteiger partial charge in [-0.1, -0.05) is 34.1 Å². The molecular formula is C13H15BrO. The third kappa shape index (κ3) is 2.50. The molecule has 1 fully saturated rings. The highest BCUT2D eigenvalue weighted by molar-refractivity contribution is 9.10. The second-order valence-electron chi connectivity index (χ2n) is 3.88. The molecule has 1 aromatic rings. The summed E-state index contributed by atoms with van der Waals surface area (Å²) >= 11 is 3.44. The molecule has 1 aliphatic rings. The van der Waals surface area contributed by atoms with Crippen molar-refractivity contribution < 1.29 is 4.74 Å². The Morgan fingerprint density at radius 1 is 1.33 bits per heavy atom. The standard InChI is InChI=1S/C13H15BrO/c1-2-10-4-3-9-15-13(10)11-5-7-12(14)8-6-11/h2,5-8,10,13H,1,3-4,9H2/t10-,13-/m1/s1. The van der Waals surface area contributed by atoms with Crippen LogP contribution in [0, 0.1) is 5.92 Å². The fraction of sp³-hybridized carbons (Fsp3) is 0.385. The molecule has 80 valence electrons. The largest absolute Gasteiger partial charge is 0.373 e. The molecule has 15 heavy (non-hydrogen) atoms. The third-order valence-electron chi connectivity index (χ3n) is 2.87. The van der Waals surface area contributed by atoms with E-state index in [1.165, 1.54) is 12.0 Å². The van der Waals surface area contributed by atoms with E-state index in [-0.39, 0.29) is 6.10 Å². The van der Waals surface area contributed by atoms with Crippen LogP contribution in [0.15, 0.2) is 41.4 Å². The van der Waals surface area contributed by atoms with E-state index >= 15 is 0 Å². The zero-order valence-corrected chi connectivity index (χ0v) is 10.2. The van der Waals surface area contributed by atoms with Crippen molar-refractivity contribution in [2.75, 3.05) is 6.61 Å². The van der Waals surface area contributed by atoms with Crippen molar-refractivity contribution >= 4 is 15.9 Å². The minimum Gasteiger partial charge on any atom is -0.373 e. The van der Waals surface area contributed by atoms with Gasteiger partial charge in [0.05, 0.1) is 6.10 Å². The summed E-state index contributed by atoms with van der Waals surface area (Å²) in [5, 5.41) is 0. The molecule has 0 radical (unpaired) electrons. The van der Waals surface area contributed by atoms with Gasteiger partial charge in [-0.05, 0) is 30.5 Å². The van der Waals surface area contributed by atoms with Crippen LogP contribution >= 0.6 is 15.9 Å². The number of benzene rings is 1. The predicted molar refractivity (Wildman–Crippen MR) is 65.8 cm³/mol. The number of rotatable bonds is 2. The topological polar surface area (TPSA) is 9.23 Å². The van der Waals surface area contributed by atoms with Crippen LogP contribution < -0.4 is 0 Å². The summed E-state index contributed by atoms with van der Waals surface area (Å²) in [6.45, 7) is 4.75. The maximum Gasteiger partial charge on any atom is 0.0887 e. The van der Waals surface area contributed by atoms with E-state index in [0.717, 1.165) is 17.5 Å². The van der Waals surface area contributed by atoms with Gasteiger partial charge in [0.25, 0.3) is 0 Å². The first kappa shape index (κ1) is 10.9. The van der Waals surface area contributed by atoms with Gasteiger partial charge >= 0.3 is 0 Å². The molecule has 0 amide bonds. The molecule has 0 unspecified atom stereocenters. The van der Waals surface area contributed by atoms with E-state index in [4.69, 9.17) is 4.74 Å². The van der Waals surface area contributed by atoms with Crippen molar-refractivity contribution in [1.82, 2.24) is 0 Å². The second kappa shape index (κ2) is 4.95. The highest BCUT2D eigenvalue weighted by atomic mass is 79.9. The molecule has 0 N–H and O–H groups in total. The average molecular weight is 267 g/mol. The van der Waals surface area contributed by atoms with Gasteiger partial charge in [0.15, 0.2) is 0 Å². The Balaban J connectivity index is 2.20. The molecule has 0 aliphatic carbocycles. The van der Waals surface area contributed by atoms with Gasteiger partial charge in [-0.3, -0.25) is 0 Å². The molecule has 0 aromatic heterocycles. The van der Waals surface area contributed by atoms with Crippen LogP contribution in [0.25, 0.3) is 0 Å². The number of ether oxygens (including phenoxy) is 1. The number of hydrogen-bond acceptors (Lipinski definition) is 1. The first-order chi connectivity index (χ1) is 7.31. The lowest BCUT2D eigenvalue weighted by Crippen LogP contribution is -2.20. The summed E-state index contributed by atoms with van der Waals surface area (Å²) in [5.74, 6) is 0.458. The minimum absolute atomic E-state index is 0.198. The lowest BCUT2D eigenvalue weighted by Gasteiger charge is -2.30.